The number of ether oxygens (including phenoxy) is 2. The predicted molar refractivity (Wildman–Crippen MR) is 95.4 cm³/mol. The molecule has 0 amide bonds. The summed E-state index contributed by atoms with van der Waals surface area (Å²) in [5.41, 5.74) is 0. The fourth-order valence-electron chi connectivity index (χ4n) is 2.32. The van der Waals surface area contributed by atoms with Crippen molar-refractivity contribution in [2.24, 2.45) is 11.8 Å². The van der Waals surface area contributed by atoms with E-state index in [0.717, 1.165) is 25.6 Å². The molecule has 0 aliphatic heterocycles. The van der Waals surface area contributed by atoms with Crippen LogP contribution >= 0.6 is 0 Å². The highest BCUT2D eigenvalue weighted by atomic mass is 16.5. The minimum Gasteiger partial charge on any atom is -0.385 e. The summed E-state index contributed by atoms with van der Waals surface area (Å²) in [6, 6.07) is 0. The molecule has 0 heterocycles. The Labute approximate surface area is 139 Å². The monoisotopic (exact) mass is 316 g/mol. The van der Waals surface area contributed by atoms with Gasteiger partial charge in [0.15, 0.2) is 0 Å². The van der Waals surface area contributed by atoms with E-state index in [1.54, 1.807) is 7.11 Å². The normalized spacial score (nSPS) is 14.7. The van der Waals surface area contributed by atoms with Gasteiger partial charge in [-0.05, 0) is 32.1 Å². The van der Waals surface area contributed by atoms with Crippen LogP contribution in [0.5, 0.6) is 0 Å². The molecular weight excluding hydrogens is 276 g/mol. The van der Waals surface area contributed by atoms with Crippen LogP contribution in [-0.4, -0.2) is 32.7 Å². The maximum Gasteiger partial charge on any atom is 0.135 e. The van der Waals surface area contributed by atoms with Crippen molar-refractivity contribution in [1.82, 2.24) is 0 Å². The van der Waals surface area contributed by atoms with Crippen molar-refractivity contribution in [2.45, 2.75) is 79.6 Å². The molecule has 0 unspecified atom stereocenters. The van der Waals surface area contributed by atoms with Crippen molar-refractivity contribution in [2.75, 3.05) is 26.9 Å². The fraction of sp³-hybridized carbons (Fsp3) is 0.947. The van der Waals surface area contributed by atoms with Crippen LogP contribution in [0.3, 0.4) is 0 Å². The molecule has 22 heavy (non-hydrogen) atoms. The summed E-state index contributed by atoms with van der Waals surface area (Å²) in [7, 11) is 1.65. The smallest absolute Gasteiger partial charge is 0.135 e. The van der Waals surface area contributed by atoms with Crippen molar-refractivity contribution >= 4 is 5.78 Å². The lowest BCUT2D eigenvalue weighted by Crippen LogP contribution is -2.12. The van der Waals surface area contributed by atoms with Crippen molar-refractivity contribution in [3.05, 3.63) is 0 Å². The van der Waals surface area contributed by atoms with Crippen LogP contribution in [0.2, 0.25) is 0 Å². The third-order valence-electron chi connectivity index (χ3n) is 3.70. The van der Waals surface area contributed by atoms with Gasteiger partial charge in [0, 0.05) is 39.3 Å². The van der Waals surface area contributed by atoms with Gasteiger partial charge in [-0.2, -0.15) is 0 Å². The molecule has 1 aliphatic rings. The number of carbonyl (C=O) groups is 1. The first-order valence-corrected chi connectivity index (χ1v) is 9.21. The van der Waals surface area contributed by atoms with Gasteiger partial charge < -0.3 is 9.47 Å². The molecule has 0 aromatic rings. The fourth-order valence-corrected chi connectivity index (χ4v) is 2.32. The Morgan fingerprint density at radius 2 is 1.73 bits per heavy atom. The molecule has 1 aliphatic carbocycles. The van der Waals surface area contributed by atoms with Crippen LogP contribution in [0.1, 0.15) is 79.6 Å². The third kappa shape index (κ3) is 16.0. The highest BCUT2D eigenvalue weighted by molar-refractivity contribution is 5.80. The molecular formula is C19H40O3. The first kappa shape index (κ1) is 23.9. The first-order chi connectivity index (χ1) is 10.6. The van der Waals surface area contributed by atoms with Crippen molar-refractivity contribution in [3.8, 4) is 0 Å². The summed E-state index contributed by atoms with van der Waals surface area (Å²) in [4.78, 5) is 11.0. The van der Waals surface area contributed by atoms with Gasteiger partial charge in [-0.25, -0.2) is 0 Å². The van der Waals surface area contributed by atoms with E-state index < -0.39 is 0 Å². The zero-order valence-corrected chi connectivity index (χ0v) is 16.0. The number of rotatable bonds is 8. The average molecular weight is 317 g/mol. The lowest BCUT2D eigenvalue weighted by molar-refractivity contribution is -0.122. The largest absolute Gasteiger partial charge is 0.385 e. The zero-order valence-electron chi connectivity index (χ0n) is 16.0. The lowest BCUT2D eigenvalue weighted by Gasteiger charge is -2.20. The van der Waals surface area contributed by atoms with E-state index in [1.807, 2.05) is 27.7 Å². The second-order valence-electron chi connectivity index (χ2n) is 5.88. The van der Waals surface area contributed by atoms with Crippen LogP contribution < -0.4 is 0 Å². The summed E-state index contributed by atoms with van der Waals surface area (Å²) < 4.78 is 10.2. The first-order valence-electron chi connectivity index (χ1n) is 9.21. The van der Waals surface area contributed by atoms with E-state index in [2.05, 4.69) is 6.92 Å². The molecule has 0 N–H and O–H groups in total. The van der Waals surface area contributed by atoms with E-state index >= 15 is 0 Å². The lowest BCUT2D eigenvalue weighted by atomic mass is 9.90. The Morgan fingerprint density at radius 1 is 1.14 bits per heavy atom. The summed E-state index contributed by atoms with van der Waals surface area (Å²) in [5, 5.41) is 0. The van der Waals surface area contributed by atoms with Crippen LogP contribution in [0.15, 0.2) is 0 Å². The molecule has 134 valence electrons. The van der Waals surface area contributed by atoms with Crippen LogP contribution in [-0.2, 0) is 14.3 Å². The summed E-state index contributed by atoms with van der Waals surface area (Å²) in [5.74, 6) is 1.39. The minimum atomic E-state index is 0.178. The van der Waals surface area contributed by atoms with Gasteiger partial charge in [0.25, 0.3) is 0 Å². The minimum absolute atomic E-state index is 0.178. The molecule has 0 spiro atoms. The molecule has 3 heteroatoms. The Hall–Kier alpha value is -0.410. The number of methoxy groups -OCH3 is 1. The zero-order chi connectivity index (χ0) is 17.2. The van der Waals surface area contributed by atoms with E-state index in [4.69, 9.17) is 9.47 Å². The molecule has 0 radical (unpaired) electrons. The highest BCUT2D eigenvalue weighted by Crippen LogP contribution is 2.23. The van der Waals surface area contributed by atoms with Gasteiger partial charge in [-0.1, -0.05) is 47.0 Å². The van der Waals surface area contributed by atoms with Gasteiger partial charge in [0.2, 0.25) is 0 Å². The topological polar surface area (TPSA) is 35.5 Å². The van der Waals surface area contributed by atoms with Crippen molar-refractivity contribution in [3.63, 3.8) is 0 Å². The second-order valence-corrected chi connectivity index (χ2v) is 5.88. The molecule has 1 rings (SSSR count). The molecule has 0 saturated heterocycles. The number of hydrogen-bond acceptors (Lipinski definition) is 3. The van der Waals surface area contributed by atoms with E-state index in [0.29, 0.717) is 18.8 Å². The molecule has 0 bridgehead atoms. The van der Waals surface area contributed by atoms with Crippen LogP contribution in [0.4, 0.5) is 0 Å². The van der Waals surface area contributed by atoms with Gasteiger partial charge >= 0.3 is 0 Å². The van der Waals surface area contributed by atoms with E-state index in [-0.39, 0.29) is 5.92 Å². The van der Waals surface area contributed by atoms with E-state index in [1.165, 1.54) is 32.1 Å². The van der Waals surface area contributed by atoms with Crippen molar-refractivity contribution in [1.29, 1.82) is 0 Å². The molecule has 1 fully saturated rings. The second kappa shape index (κ2) is 18.6. The predicted octanol–water partition coefficient (Wildman–Crippen LogP) is 5.27. The maximum absolute atomic E-state index is 11.0. The maximum atomic E-state index is 11.0. The molecule has 1 saturated carbocycles. The third-order valence-corrected chi connectivity index (χ3v) is 3.70. The standard InChI is InChI=1S/C9H18O.C8H16O2.C2H6/c1-2-10-8-9-6-4-3-5-7-9;1-7(2)8(9)5-4-6-10-3;1-2/h9H,2-8H2,1H3;7H,4-6H2,1-3H3;1-2H3. The summed E-state index contributed by atoms with van der Waals surface area (Å²) in [6.45, 7) is 12.5. The number of hydrogen-bond donors (Lipinski definition) is 0. The van der Waals surface area contributed by atoms with Gasteiger partial charge in [0.05, 0.1) is 0 Å². The average Bonchev–Trinajstić information content (AvgIpc) is 2.56. The van der Waals surface area contributed by atoms with Crippen LogP contribution in [0.25, 0.3) is 0 Å². The van der Waals surface area contributed by atoms with Gasteiger partial charge in [-0.3, -0.25) is 4.79 Å². The Bertz CT molecular complexity index is 221. The summed E-state index contributed by atoms with van der Waals surface area (Å²) >= 11 is 0. The molecule has 0 aromatic heterocycles. The quantitative estimate of drug-likeness (QED) is 0.572. The Morgan fingerprint density at radius 3 is 2.18 bits per heavy atom. The molecule has 0 atom stereocenters. The number of carbonyl (C=O) groups excluding carboxylic acids is 1. The van der Waals surface area contributed by atoms with Crippen molar-refractivity contribution < 1.29 is 14.3 Å². The van der Waals surface area contributed by atoms with E-state index in [9.17, 15) is 4.79 Å². The van der Waals surface area contributed by atoms with Gasteiger partial charge in [0.1, 0.15) is 5.78 Å². The Kier molecular flexibility index (Phi) is 20.2. The SMILES string of the molecule is CC.CCOCC1CCCCC1.COCCCC(=O)C(C)C. The Balaban J connectivity index is 0. The van der Waals surface area contributed by atoms with Crippen LogP contribution in [0, 0.1) is 11.8 Å². The molecule has 3 nitrogen and oxygen atoms in total. The highest BCUT2D eigenvalue weighted by Gasteiger charge is 2.12. The number of Topliss-reactive ketones (excluding diaryl/α,β-unsaturated/α-hetero) is 1. The molecule has 0 aromatic carbocycles. The number of ketones is 1. The van der Waals surface area contributed by atoms with Gasteiger partial charge in [-0.15, -0.1) is 0 Å². The summed E-state index contributed by atoms with van der Waals surface area (Å²) in [6.07, 6.45) is 8.62.